The van der Waals surface area contributed by atoms with E-state index in [0.29, 0.717) is 25.0 Å². The van der Waals surface area contributed by atoms with Gasteiger partial charge in [0.2, 0.25) is 11.8 Å². The monoisotopic (exact) mass is 566 g/mol. The molecule has 0 radical (unpaired) electrons. The first-order valence-corrected chi connectivity index (χ1v) is 16.7. The molecule has 0 spiro atoms. The second kappa shape index (κ2) is 21.5. The Bertz CT molecular complexity index is 614. The molecule has 8 nitrogen and oxygen atoms in total. The smallest absolute Gasteiger partial charge is 0.220 e. The van der Waals surface area contributed by atoms with E-state index in [4.69, 9.17) is 18.9 Å². The zero-order chi connectivity index (χ0) is 28.1. The summed E-state index contributed by atoms with van der Waals surface area (Å²) < 4.78 is 22.0. The third kappa shape index (κ3) is 15.1. The zero-order valence-electron chi connectivity index (χ0n) is 25.1. The Morgan fingerprint density at radius 1 is 0.550 bits per heavy atom. The SMILES string of the molecule is O=C(CCCCCCCCOCC1CCO1)N[C@H]1CCCC[C@@H]1NC(=O)CCCCCCCCOCC1CCO1. The van der Waals surface area contributed by atoms with Gasteiger partial charge < -0.3 is 29.6 Å². The molecule has 0 aromatic carbocycles. The summed E-state index contributed by atoms with van der Waals surface area (Å²) in [6.45, 7) is 4.92. The molecule has 3 rings (SSSR count). The highest BCUT2D eigenvalue weighted by molar-refractivity contribution is 5.77. The number of amides is 2. The van der Waals surface area contributed by atoms with E-state index in [0.717, 1.165) is 117 Å². The minimum atomic E-state index is 0.0774. The largest absolute Gasteiger partial charge is 0.379 e. The maximum absolute atomic E-state index is 12.6. The molecule has 232 valence electrons. The molecule has 2 aliphatic heterocycles. The van der Waals surface area contributed by atoms with Gasteiger partial charge in [0, 0.05) is 51.4 Å². The highest BCUT2D eigenvalue weighted by Gasteiger charge is 2.27. The molecule has 2 amide bonds. The molecule has 1 aliphatic carbocycles. The van der Waals surface area contributed by atoms with Crippen molar-refractivity contribution in [1.29, 1.82) is 0 Å². The summed E-state index contributed by atoms with van der Waals surface area (Å²) in [4.78, 5) is 25.1. The van der Waals surface area contributed by atoms with Crippen LogP contribution in [0.3, 0.4) is 0 Å². The number of hydrogen-bond acceptors (Lipinski definition) is 6. The van der Waals surface area contributed by atoms with Crippen LogP contribution >= 0.6 is 0 Å². The molecular weight excluding hydrogens is 508 g/mol. The molecule has 1 saturated carbocycles. The number of carbonyl (C=O) groups is 2. The Morgan fingerprint density at radius 3 is 1.30 bits per heavy atom. The fourth-order valence-electron chi connectivity index (χ4n) is 5.69. The van der Waals surface area contributed by atoms with Crippen molar-refractivity contribution in [3.63, 3.8) is 0 Å². The molecule has 2 unspecified atom stereocenters. The first-order valence-electron chi connectivity index (χ1n) is 16.7. The Morgan fingerprint density at radius 2 is 0.925 bits per heavy atom. The van der Waals surface area contributed by atoms with Crippen LogP contribution in [0.4, 0.5) is 0 Å². The van der Waals surface area contributed by atoms with Gasteiger partial charge in [-0.2, -0.15) is 0 Å². The van der Waals surface area contributed by atoms with Crippen LogP contribution in [0.25, 0.3) is 0 Å². The second-order valence-electron chi connectivity index (χ2n) is 12.1. The molecule has 2 N–H and O–H groups in total. The van der Waals surface area contributed by atoms with Crippen molar-refractivity contribution in [2.24, 2.45) is 0 Å². The number of nitrogens with one attached hydrogen (secondary N) is 2. The van der Waals surface area contributed by atoms with Crippen LogP contribution in [0.1, 0.15) is 128 Å². The van der Waals surface area contributed by atoms with Crippen molar-refractivity contribution in [2.45, 2.75) is 153 Å². The summed E-state index contributed by atoms with van der Waals surface area (Å²) in [6, 6.07) is 0.155. The highest BCUT2D eigenvalue weighted by atomic mass is 16.6. The topological polar surface area (TPSA) is 95.1 Å². The van der Waals surface area contributed by atoms with E-state index in [1.54, 1.807) is 0 Å². The molecule has 3 fully saturated rings. The van der Waals surface area contributed by atoms with Crippen LogP contribution in [0, 0.1) is 0 Å². The normalized spacial score (nSPS) is 24.2. The molecule has 4 atom stereocenters. The lowest BCUT2D eigenvalue weighted by Gasteiger charge is -2.33. The van der Waals surface area contributed by atoms with Crippen molar-refractivity contribution in [2.75, 3.05) is 39.6 Å². The van der Waals surface area contributed by atoms with Crippen molar-refractivity contribution in [3.05, 3.63) is 0 Å². The number of rotatable bonds is 24. The first kappa shape index (κ1) is 33.3. The van der Waals surface area contributed by atoms with Gasteiger partial charge in [-0.25, -0.2) is 0 Å². The van der Waals surface area contributed by atoms with Crippen molar-refractivity contribution < 1.29 is 28.5 Å². The Balaban J connectivity index is 1.11. The summed E-state index contributed by atoms with van der Waals surface area (Å²) in [5.41, 5.74) is 0. The van der Waals surface area contributed by atoms with Crippen LogP contribution in [-0.4, -0.2) is 75.7 Å². The van der Waals surface area contributed by atoms with E-state index >= 15 is 0 Å². The molecule has 8 heteroatoms. The summed E-state index contributed by atoms with van der Waals surface area (Å²) in [7, 11) is 0. The van der Waals surface area contributed by atoms with Gasteiger partial charge in [0.1, 0.15) is 0 Å². The lowest BCUT2D eigenvalue weighted by Crippen LogP contribution is -2.53. The van der Waals surface area contributed by atoms with Crippen LogP contribution in [-0.2, 0) is 28.5 Å². The summed E-state index contributed by atoms with van der Waals surface area (Å²) in [5, 5.41) is 6.48. The third-order valence-corrected chi connectivity index (χ3v) is 8.54. The first-order chi connectivity index (χ1) is 19.7. The minimum Gasteiger partial charge on any atom is -0.379 e. The lowest BCUT2D eigenvalue weighted by molar-refractivity contribution is -0.125. The van der Waals surface area contributed by atoms with Gasteiger partial charge in [0.15, 0.2) is 0 Å². The second-order valence-corrected chi connectivity index (χ2v) is 12.1. The summed E-state index contributed by atoms with van der Waals surface area (Å²) in [5.74, 6) is 0.277. The Kier molecular flexibility index (Phi) is 17.9. The standard InChI is InChI=1S/C32H58N2O6/c35-31(17-9-5-1-3-7-13-21-37-25-27-19-23-39-27)33-29-15-11-12-16-30(29)34-32(36)18-10-6-2-4-8-14-22-38-26-28-20-24-40-28/h27-30H,1-26H2,(H,33,35)(H,34,36)/t27?,28?,29-,30-/m0/s1. The van der Waals surface area contributed by atoms with Crippen LogP contribution in [0.15, 0.2) is 0 Å². The number of hydrogen-bond donors (Lipinski definition) is 2. The molecule has 0 aromatic heterocycles. The van der Waals surface area contributed by atoms with E-state index in [1.807, 2.05) is 0 Å². The zero-order valence-corrected chi connectivity index (χ0v) is 25.1. The number of ether oxygens (including phenoxy) is 4. The van der Waals surface area contributed by atoms with E-state index in [2.05, 4.69) is 10.6 Å². The molecular formula is C32H58N2O6. The van der Waals surface area contributed by atoms with Crippen molar-refractivity contribution in [1.82, 2.24) is 10.6 Å². The maximum Gasteiger partial charge on any atom is 0.220 e. The van der Waals surface area contributed by atoms with Gasteiger partial charge in [-0.3, -0.25) is 9.59 Å². The van der Waals surface area contributed by atoms with Gasteiger partial charge in [0.05, 0.1) is 25.4 Å². The highest BCUT2D eigenvalue weighted by Crippen LogP contribution is 2.20. The van der Waals surface area contributed by atoms with Crippen molar-refractivity contribution in [3.8, 4) is 0 Å². The average Bonchev–Trinajstić information content (AvgIpc) is 2.89. The van der Waals surface area contributed by atoms with Gasteiger partial charge in [-0.05, 0) is 51.4 Å². The van der Waals surface area contributed by atoms with Gasteiger partial charge in [0.25, 0.3) is 0 Å². The predicted molar refractivity (Wildman–Crippen MR) is 157 cm³/mol. The van der Waals surface area contributed by atoms with Gasteiger partial charge in [-0.15, -0.1) is 0 Å². The fourth-order valence-corrected chi connectivity index (χ4v) is 5.69. The quantitative estimate of drug-likeness (QED) is 0.148. The van der Waals surface area contributed by atoms with E-state index in [-0.39, 0.29) is 23.9 Å². The van der Waals surface area contributed by atoms with Crippen LogP contribution in [0.5, 0.6) is 0 Å². The van der Waals surface area contributed by atoms with E-state index < -0.39 is 0 Å². The van der Waals surface area contributed by atoms with Crippen molar-refractivity contribution >= 4 is 11.8 Å². The Labute approximate surface area is 243 Å². The molecule has 3 aliphatic rings. The van der Waals surface area contributed by atoms with Gasteiger partial charge in [-0.1, -0.05) is 64.2 Å². The lowest BCUT2D eigenvalue weighted by atomic mass is 9.90. The molecule has 2 saturated heterocycles. The van der Waals surface area contributed by atoms with Gasteiger partial charge >= 0.3 is 0 Å². The average molecular weight is 567 g/mol. The van der Waals surface area contributed by atoms with E-state index in [1.165, 1.54) is 38.5 Å². The molecule has 2 heterocycles. The Hall–Kier alpha value is -1.22. The van der Waals surface area contributed by atoms with Crippen LogP contribution in [0.2, 0.25) is 0 Å². The minimum absolute atomic E-state index is 0.0774. The maximum atomic E-state index is 12.6. The molecule has 0 bridgehead atoms. The fraction of sp³-hybridized carbons (Fsp3) is 0.938. The summed E-state index contributed by atoms with van der Waals surface area (Å²) in [6.07, 6.45) is 21.7. The molecule has 40 heavy (non-hydrogen) atoms. The summed E-state index contributed by atoms with van der Waals surface area (Å²) >= 11 is 0. The third-order valence-electron chi connectivity index (χ3n) is 8.54. The van der Waals surface area contributed by atoms with Crippen LogP contribution < -0.4 is 10.6 Å². The predicted octanol–water partition coefficient (Wildman–Crippen LogP) is 5.60. The number of carbonyl (C=O) groups excluding carboxylic acids is 2. The van der Waals surface area contributed by atoms with E-state index in [9.17, 15) is 9.59 Å². The number of unbranched alkanes of at least 4 members (excludes halogenated alkanes) is 10. The molecule has 0 aromatic rings.